The van der Waals surface area contributed by atoms with E-state index in [-0.39, 0.29) is 6.61 Å². The van der Waals surface area contributed by atoms with E-state index in [9.17, 15) is 0 Å². The summed E-state index contributed by atoms with van der Waals surface area (Å²) >= 11 is 0. The number of aromatic nitrogens is 2. The van der Waals surface area contributed by atoms with Crippen LogP contribution in [0.3, 0.4) is 0 Å². The van der Waals surface area contributed by atoms with Gasteiger partial charge in [0.05, 0.1) is 12.3 Å². The van der Waals surface area contributed by atoms with Gasteiger partial charge in [0.2, 0.25) is 0 Å². The van der Waals surface area contributed by atoms with Gasteiger partial charge in [0, 0.05) is 6.20 Å². The summed E-state index contributed by atoms with van der Waals surface area (Å²) in [6, 6.07) is 0. The Morgan fingerprint density at radius 2 is 2.55 bits per heavy atom. The second-order valence-corrected chi connectivity index (χ2v) is 2.11. The summed E-state index contributed by atoms with van der Waals surface area (Å²) in [6.07, 6.45) is 2.24. The molecule has 3 N–H and O–H groups in total. The summed E-state index contributed by atoms with van der Waals surface area (Å²) in [4.78, 5) is 6.63. The van der Waals surface area contributed by atoms with Crippen molar-refractivity contribution in [1.29, 1.82) is 0 Å². The minimum atomic E-state index is -0.927. The van der Waals surface area contributed by atoms with Crippen molar-refractivity contribution in [2.24, 2.45) is 0 Å². The van der Waals surface area contributed by atoms with E-state index in [0.717, 1.165) is 0 Å². The highest BCUT2D eigenvalue weighted by Crippen LogP contribution is 2.07. The topological polar surface area (TPSA) is 69.1 Å². The standard InChI is InChI=1S/C7H10N2O2/c1-2-5-3-8-7(9-5)6(11)4-10/h2-3,6,10-11H,1,4H2,(H,8,9). The lowest BCUT2D eigenvalue weighted by Crippen LogP contribution is -2.04. The number of aliphatic hydroxyl groups excluding tert-OH is 2. The molecule has 11 heavy (non-hydrogen) atoms. The second kappa shape index (κ2) is 3.32. The average molecular weight is 154 g/mol. The Morgan fingerprint density at radius 1 is 1.82 bits per heavy atom. The van der Waals surface area contributed by atoms with E-state index in [1.807, 2.05) is 0 Å². The summed E-state index contributed by atoms with van der Waals surface area (Å²) in [6.45, 7) is 3.17. The lowest BCUT2D eigenvalue weighted by atomic mass is 10.4. The predicted molar refractivity (Wildman–Crippen MR) is 40.7 cm³/mol. The fourth-order valence-electron chi connectivity index (χ4n) is 0.713. The summed E-state index contributed by atoms with van der Waals surface area (Å²) in [5.41, 5.74) is 0.660. The van der Waals surface area contributed by atoms with Crippen LogP contribution in [0.4, 0.5) is 0 Å². The Morgan fingerprint density at radius 3 is 3.00 bits per heavy atom. The van der Waals surface area contributed by atoms with Crippen LogP contribution in [0.25, 0.3) is 6.08 Å². The van der Waals surface area contributed by atoms with E-state index in [2.05, 4.69) is 16.5 Å². The molecule has 0 fully saturated rings. The molecule has 0 bridgehead atoms. The van der Waals surface area contributed by atoms with Gasteiger partial charge < -0.3 is 15.2 Å². The molecule has 1 heterocycles. The lowest BCUT2D eigenvalue weighted by Gasteiger charge is -2.00. The SMILES string of the molecule is C=Cc1c[nH]c(C(O)CO)n1. The highest BCUT2D eigenvalue weighted by atomic mass is 16.3. The lowest BCUT2D eigenvalue weighted by molar-refractivity contribution is 0.0893. The molecule has 4 heteroatoms. The maximum atomic E-state index is 9.06. The fourth-order valence-corrected chi connectivity index (χ4v) is 0.713. The minimum absolute atomic E-state index is 0.329. The molecule has 1 aromatic rings. The second-order valence-electron chi connectivity index (χ2n) is 2.11. The molecule has 0 spiro atoms. The van der Waals surface area contributed by atoms with E-state index >= 15 is 0 Å². The minimum Gasteiger partial charge on any atom is -0.393 e. The fraction of sp³-hybridized carbons (Fsp3) is 0.286. The average Bonchev–Trinajstić information content (AvgIpc) is 2.50. The number of rotatable bonds is 3. The molecule has 1 unspecified atom stereocenters. The van der Waals surface area contributed by atoms with E-state index < -0.39 is 6.10 Å². The van der Waals surface area contributed by atoms with Gasteiger partial charge in [-0.3, -0.25) is 0 Å². The molecule has 1 rings (SSSR count). The first-order valence-electron chi connectivity index (χ1n) is 3.24. The number of hydrogen-bond acceptors (Lipinski definition) is 3. The Kier molecular flexibility index (Phi) is 2.40. The highest BCUT2D eigenvalue weighted by molar-refractivity contribution is 5.40. The molecule has 0 saturated heterocycles. The van der Waals surface area contributed by atoms with Crippen LogP contribution < -0.4 is 0 Å². The first kappa shape index (κ1) is 7.97. The number of aliphatic hydroxyl groups is 2. The van der Waals surface area contributed by atoms with Gasteiger partial charge in [-0.15, -0.1) is 0 Å². The van der Waals surface area contributed by atoms with Gasteiger partial charge in [-0.2, -0.15) is 0 Å². The van der Waals surface area contributed by atoms with Crippen LogP contribution >= 0.6 is 0 Å². The molecule has 0 aliphatic heterocycles. The van der Waals surface area contributed by atoms with Crippen molar-refractivity contribution in [2.75, 3.05) is 6.61 Å². The number of hydrogen-bond donors (Lipinski definition) is 3. The Hall–Kier alpha value is -1.13. The summed E-state index contributed by atoms with van der Waals surface area (Å²) < 4.78 is 0. The largest absolute Gasteiger partial charge is 0.393 e. The van der Waals surface area contributed by atoms with Crippen LogP contribution in [0.1, 0.15) is 17.6 Å². The molecule has 1 atom stereocenters. The monoisotopic (exact) mass is 154 g/mol. The van der Waals surface area contributed by atoms with Crippen molar-refractivity contribution >= 4 is 6.08 Å². The number of nitrogens with one attached hydrogen (secondary N) is 1. The molecule has 0 aromatic carbocycles. The predicted octanol–water partition coefficient (Wildman–Crippen LogP) is 0.0784. The molecule has 0 saturated carbocycles. The van der Waals surface area contributed by atoms with Crippen molar-refractivity contribution in [3.63, 3.8) is 0 Å². The molecule has 0 aliphatic carbocycles. The van der Waals surface area contributed by atoms with Gasteiger partial charge in [-0.05, 0) is 6.08 Å². The van der Waals surface area contributed by atoms with Gasteiger partial charge >= 0.3 is 0 Å². The van der Waals surface area contributed by atoms with Crippen molar-refractivity contribution in [3.8, 4) is 0 Å². The van der Waals surface area contributed by atoms with E-state index in [0.29, 0.717) is 11.5 Å². The van der Waals surface area contributed by atoms with E-state index in [1.54, 1.807) is 12.3 Å². The Balaban J connectivity index is 2.79. The molecular formula is C7H10N2O2. The van der Waals surface area contributed by atoms with Gasteiger partial charge in [0.25, 0.3) is 0 Å². The van der Waals surface area contributed by atoms with Gasteiger partial charge in [-0.25, -0.2) is 4.98 Å². The zero-order chi connectivity index (χ0) is 8.27. The van der Waals surface area contributed by atoms with Crippen LogP contribution in [-0.2, 0) is 0 Å². The summed E-state index contributed by atoms with van der Waals surface area (Å²) in [7, 11) is 0. The smallest absolute Gasteiger partial charge is 0.138 e. The van der Waals surface area contributed by atoms with Crippen molar-refractivity contribution < 1.29 is 10.2 Å². The first-order chi connectivity index (χ1) is 5.27. The Bertz CT molecular complexity index is 244. The van der Waals surface area contributed by atoms with Crippen molar-refractivity contribution in [1.82, 2.24) is 9.97 Å². The number of nitrogens with zero attached hydrogens (tertiary/aromatic N) is 1. The third-order valence-corrected chi connectivity index (χ3v) is 1.32. The number of H-pyrrole nitrogens is 1. The molecule has 0 radical (unpaired) electrons. The van der Waals surface area contributed by atoms with Crippen molar-refractivity contribution in [3.05, 3.63) is 24.3 Å². The number of aromatic amines is 1. The first-order valence-corrected chi connectivity index (χ1v) is 3.24. The third kappa shape index (κ3) is 1.66. The van der Waals surface area contributed by atoms with Gasteiger partial charge in [-0.1, -0.05) is 6.58 Å². The highest BCUT2D eigenvalue weighted by Gasteiger charge is 2.08. The quantitative estimate of drug-likeness (QED) is 0.577. The summed E-state index contributed by atoms with van der Waals surface area (Å²) in [5.74, 6) is 0.363. The van der Waals surface area contributed by atoms with Crippen LogP contribution in [0.5, 0.6) is 0 Å². The molecule has 0 aliphatic rings. The maximum absolute atomic E-state index is 9.06. The molecule has 0 amide bonds. The number of imidazole rings is 1. The normalized spacial score (nSPS) is 12.9. The van der Waals surface area contributed by atoms with Crippen LogP contribution in [0.2, 0.25) is 0 Å². The zero-order valence-electron chi connectivity index (χ0n) is 5.99. The third-order valence-electron chi connectivity index (χ3n) is 1.32. The molecule has 1 aromatic heterocycles. The zero-order valence-corrected chi connectivity index (χ0v) is 5.99. The molecule has 4 nitrogen and oxygen atoms in total. The van der Waals surface area contributed by atoms with Crippen LogP contribution in [0, 0.1) is 0 Å². The van der Waals surface area contributed by atoms with Crippen LogP contribution in [-0.4, -0.2) is 26.8 Å². The van der Waals surface area contributed by atoms with E-state index in [4.69, 9.17) is 10.2 Å². The van der Waals surface area contributed by atoms with Crippen LogP contribution in [0.15, 0.2) is 12.8 Å². The Labute approximate surface area is 64.2 Å². The summed E-state index contributed by atoms with van der Waals surface area (Å²) in [5, 5.41) is 17.6. The maximum Gasteiger partial charge on any atom is 0.138 e. The molecule has 60 valence electrons. The molecular weight excluding hydrogens is 144 g/mol. The van der Waals surface area contributed by atoms with E-state index in [1.165, 1.54) is 0 Å². The van der Waals surface area contributed by atoms with Gasteiger partial charge in [0.15, 0.2) is 0 Å². The van der Waals surface area contributed by atoms with Crippen molar-refractivity contribution in [2.45, 2.75) is 6.10 Å². The van der Waals surface area contributed by atoms with Gasteiger partial charge in [0.1, 0.15) is 11.9 Å².